The van der Waals surface area contributed by atoms with E-state index in [0.29, 0.717) is 0 Å². The van der Waals surface area contributed by atoms with E-state index < -0.39 is 11.9 Å². The van der Waals surface area contributed by atoms with Gasteiger partial charge in [0.2, 0.25) is 0 Å². The first-order chi connectivity index (χ1) is 4.25. The molecule has 47 valence electrons. The molecule has 1 fully saturated rings. The van der Waals surface area contributed by atoms with Crippen LogP contribution in [0.2, 0.25) is 0 Å². The Morgan fingerprint density at radius 3 is 2.44 bits per heavy atom. The number of rotatable bonds is 0. The van der Waals surface area contributed by atoms with E-state index in [1.54, 1.807) is 0 Å². The second-order valence-corrected chi connectivity index (χ2v) is 1.45. The first kappa shape index (κ1) is 5.81. The van der Waals surface area contributed by atoms with Crippen LogP contribution in [-0.4, -0.2) is 11.9 Å². The summed E-state index contributed by atoms with van der Waals surface area (Å²) in [6, 6.07) is 0. The van der Waals surface area contributed by atoms with Crippen LogP contribution in [0.15, 0.2) is 5.57 Å². The number of hydroxylamine groups is 1. The SMILES string of the molecule is C/[C]=C1\C(=O)NOC1=O. The third kappa shape index (κ3) is 0.782. The smallest absolute Gasteiger partial charge is 0.335 e. The largest absolute Gasteiger partial charge is 0.368 e. The molecule has 4 heteroatoms. The lowest BCUT2D eigenvalue weighted by Crippen LogP contribution is -2.12. The molecule has 1 amide bonds. The molecule has 0 saturated carbocycles. The van der Waals surface area contributed by atoms with E-state index in [4.69, 9.17) is 0 Å². The third-order valence-corrected chi connectivity index (χ3v) is 0.918. The minimum absolute atomic E-state index is 0.0602. The molecule has 0 bridgehead atoms. The summed E-state index contributed by atoms with van der Waals surface area (Å²) in [4.78, 5) is 25.0. The van der Waals surface area contributed by atoms with Gasteiger partial charge in [-0.05, 0) is 13.0 Å². The highest BCUT2D eigenvalue weighted by Crippen LogP contribution is 2.02. The maximum atomic E-state index is 10.5. The van der Waals surface area contributed by atoms with Crippen molar-refractivity contribution in [2.24, 2.45) is 0 Å². The Morgan fingerprint density at radius 2 is 2.22 bits per heavy atom. The maximum Gasteiger partial charge on any atom is 0.368 e. The van der Waals surface area contributed by atoms with Crippen LogP contribution in [0.4, 0.5) is 0 Å². The van der Waals surface area contributed by atoms with Gasteiger partial charge in [0.25, 0.3) is 5.91 Å². The van der Waals surface area contributed by atoms with Crippen LogP contribution in [-0.2, 0) is 14.4 Å². The van der Waals surface area contributed by atoms with Gasteiger partial charge in [-0.25, -0.2) is 4.79 Å². The number of amides is 1. The van der Waals surface area contributed by atoms with E-state index in [-0.39, 0.29) is 5.57 Å². The van der Waals surface area contributed by atoms with E-state index >= 15 is 0 Å². The van der Waals surface area contributed by atoms with Gasteiger partial charge >= 0.3 is 5.97 Å². The monoisotopic (exact) mass is 126 g/mol. The molecule has 1 aliphatic rings. The van der Waals surface area contributed by atoms with Gasteiger partial charge in [-0.15, -0.1) is 0 Å². The Morgan fingerprint density at radius 1 is 1.56 bits per heavy atom. The van der Waals surface area contributed by atoms with Crippen molar-refractivity contribution in [3.05, 3.63) is 11.6 Å². The molecule has 0 aromatic rings. The Bertz CT molecular complexity index is 176. The van der Waals surface area contributed by atoms with E-state index in [1.807, 2.05) is 5.48 Å². The lowest BCUT2D eigenvalue weighted by atomic mass is 10.3. The van der Waals surface area contributed by atoms with Gasteiger partial charge < -0.3 is 4.84 Å². The molecule has 1 aliphatic heterocycles. The van der Waals surface area contributed by atoms with Crippen molar-refractivity contribution in [1.29, 1.82) is 0 Å². The van der Waals surface area contributed by atoms with Gasteiger partial charge in [-0.1, -0.05) is 0 Å². The van der Waals surface area contributed by atoms with E-state index in [9.17, 15) is 9.59 Å². The van der Waals surface area contributed by atoms with Crippen molar-refractivity contribution < 1.29 is 14.4 Å². The van der Waals surface area contributed by atoms with Crippen LogP contribution in [0.5, 0.6) is 0 Å². The number of hydrogen-bond acceptors (Lipinski definition) is 3. The van der Waals surface area contributed by atoms with Crippen molar-refractivity contribution in [2.75, 3.05) is 0 Å². The van der Waals surface area contributed by atoms with E-state index in [0.717, 1.165) is 0 Å². The predicted molar refractivity (Wildman–Crippen MR) is 26.7 cm³/mol. The van der Waals surface area contributed by atoms with Crippen molar-refractivity contribution in [3.63, 3.8) is 0 Å². The number of carbonyl (C=O) groups excluding carboxylic acids is 2. The summed E-state index contributed by atoms with van der Waals surface area (Å²) in [5.41, 5.74) is 1.82. The van der Waals surface area contributed by atoms with Gasteiger partial charge in [0.05, 0.1) is 0 Å². The summed E-state index contributed by atoms with van der Waals surface area (Å²) in [5.74, 6) is -1.19. The number of nitrogens with one attached hydrogen (secondary N) is 1. The molecular weight excluding hydrogens is 122 g/mol. The van der Waals surface area contributed by atoms with Crippen molar-refractivity contribution in [3.8, 4) is 0 Å². The van der Waals surface area contributed by atoms with Gasteiger partial charge in [0.1, 0.15) is 5.57 Å². The quantitative estimate of drug-likeness (QED) is 0.345. The van der Waals surface area contributed by atoms with Gasteiger partial charge in [0, 0.05) is 0 Å². The molecule has 4 nitrogen and oxygen atoms in total. The summed E-state index contributed by atoms with van der Waals surface area (Å²) >= 11 is 0. The Kier molecular flexibility index (Phi) is 1.22. The van der Waals surface area contributed by atoms with Gasteiger partial charge in [-0.2, -0.15) is 5.48 Å². The van der Waals surface area contributed by atoms with Gasteiger partial charge in [-0.3, -0.25) is 4.79 Å². The highest BCUT2D eigenvalue weighted by atomic mass is 16.7. The number of hydrogen-bond donors (Lipinski definition) is 1. The average Bonchev–Trinajstić information content (AvgIpc) is 2.12. The third-order valence-electron chi connectivity index (χ3n) is 0.918. The fourth-order valence-corrected chi connectivity index (χ4v) is 0.503. The molecule has 0 spiro atoms. The Labute approximate surface area is 51.4 Å². The van der Waals surface area contributed by atoms with Crippen LogP contribution < -0.4 is 5.48 Å². The normalized spacial score (nSPS) is 22.1. The second kappa shape index (κ2) is 1.89. The van der Waals surface area contributed by atoms with Crippen LogP contribution in [0.1, 0.15) is 6.92 Å². The maximum absolute atomic E-state index is 10.5. The molecular formula is C5H4NO3. The lowest BCUT2D eigenvalue weighted by molar-refractivity contribution is -0.143. The molecule has 0 unspecified atom stereocenters. The Balaban J connectivity index is 2.91. The zero-order valence-corrected chi connectivity index (χ0v) is 4.72. The summed E-state index contributed by atoms with van der Waals surface area (Å²) in [5, 5.41) is 0. The topological polar surface area (TPSA) is 55.4 Å². The molecule has 1 heterocycles. The molecule has 9 heavy (non-hydrogen) atoms. The molecule has 1 saturated heterocycles. The van der Waals surface area contributed by atoms with Gasteiger partial charge in [0.15, 0.2) is 0 Å². The zero-order valence-electron chi connectivity index (χ0n) is 4.72. The molecule has 0 aliphatic carbocycles. The number of allylic oxidation sites excluding steroid dienone is 1. The summed E-state index contributed by atoms with van der Waals surface area (Å²) in [7, 11) is 0. The minimum Gasteiger partial charge on any atom is -0.335 e. The van der Waals surface area contributed by atoms with E-state index in [1.165, 1.54) is 6.92 Å². The van der Waals surface area contributed by atoms with Crippen LogP contribution in [0, 0.1) is 6.08 Å². The summed E-state index contributed by atoms with van der Waals surface area (Å²) in [6.07, 6.45) is 2.39. The van der Waals surface area contributed by atoms with Crippen LogP contribution >= 0.6 is 0 Å². The molecule has 1 rings (SSSR count). The standard InChI is InChI=1S/C5H4NO3/c1-2-3-4(7)6-9-5(3)8/h1H3,(H,6,7). The zero-order chi connectivity index (χ0) is 6.85. The molecule has 0 atom stereocenters. The van der Waals surface area contributed by atoms with Crippen molar-refractivity contribution in [2.45, 2.75) is 6.92 Å². The molecule has 1 N–H and O–H groups in total. The lowest BCUT2D eigenvalue weighted by Gasteiger charge is -1.81. The molecule has 1 radical (unpaired) electrons. The van der Waals surface area contributed by atoms with E-state index in [2.05, 4.69) is 10.9 Å². The van der Waals surface area contributed by atoms with Crippen LogP contribution in [0.25, 0.3) is 0 Å². The van der Waals surface area contributed by atoms with Crippen molar-refractivity contribution >= 4 is 11.9 Å². The number of carbonyl (C=O) groups is 2. The predicted octanol–water partition coefficient (Wildman–Crippen LogP) is -0.676. The Hall–Kier alpha value is -1.32. The summed E-state index contributed by atoms with van der Waals surface area (Å²) < 4.78 is 0. The minimum atomic E-state index is -0.664. The molecule has 0 aromatic carbocycles. The first-order valence-electron chi connectivity index (χ1n) is 2.32. The second-order valence-electron chi connectivity index (χ2n) is 1.45. The van der Waals surface area contributed by atoms with Crippen molar-refractivity contribution in [1.82, 2.24) is 5.48 Å². The van der Waals surface area contributed by atoms with Crippen LogP contribution in [0.3, 0.4) is 0 Å². The highest BCUT2D eigenvalue weighted by Gasteiger charge is 2.27. The average molecular weight is 126 g/mol. The highest BCUT2D eigenvalue weighted by molar-refractivity contribution is 6.18. The molecule has 0 aromatic heterocycles. The summed E-state index contributed by atoms with van der Waals surface area (Å²) in [6.45, 7) is 1.47. The fourth-order valence-electron chi connectivity index (χ4n) is 0.503. The fraction of sp³-hybridized carbons (Fsp3) is 0.200. The first-order valence-corrected chi connectivity index (χ1v) is 2.32.